The maximum atomic E-state index is 3.67. The van der Waals surface area contributed by atoms with Crippen LogP contribution in [-0.4, -0.2) is 37.1 Å². The quantitative estimate of drug-likeness (QED) is 0.621. The topological polar surface area (TPSA) is 15.3 Å². The fraction of sp³-hybridized carbons (Fsp3) is 1.00. The third-order valence-corrected chi connectivity index (χ3v) is 3.76. The number of piperidine rings is 1. The van der Waals surface area contributed by atoms with Gasteiger partial charge in [-0.3, -0.25) is 0 Å². The molecule has 0 saturated carbocycles. The van der Waals surface area contributed by atoms with Crippen molar-refractivity contribution in [1.29, 1.82) is 0 Å². The zero-order chi connectivity index (χ0) is 12.3. The molecule has 0 aromatic heterocycles. The normalized spacial score (nSPS) is 21.0. The summed E-state index contributed by atoms with van der Waals surface area (Å²) in [6.07, 6.45) is 11.0. The summed E-state index contributed by atoms with van der Waals surface area (Å²) in [6.45, 7) is 9.69. The Kier molecular flexibility index (Phi) is 8.72. The second kappa shape index (κ2) is 9.90. The summed E-state index contributed by atoms with van der Waals surface area (Å²) in [5, 5.41) is 3.67. The fourth-order valence-corrected chi connectivity index (χ4v) is 2.76. The van der Waals surface area contributed by atoms with Crippen LogP contribution in [0.3, 0.4) is 0 Å². The summed E-state index contributed by atoms with van der Waals surface area (Å²) in [5.74, 6) is 0. The molecule has 17 heavy (non-hydrogen) atoms. The lowest BCUT2D eigenvalue weighted by molar-refractivity contribution is 0.220. The van der Waals surface area contributed by atoms with E-state index in [2.05, 4.69) is 24.1 Å². The molecule has 1 N–H and O–H groups in total. The largest absolute Gasteiger partial charge is 0.313 e. The van der Waals surface area contributed by atoms with Gasteiger partial charge in [0.1, 0.15) is 0 Å². The lowest BCUT2D eigenvalue weighted by Crippen LogP contribution is -2.44. The molecule has 1 heterocycles. The first-order valence-corrected chi connectivity index (χ1v) is 7.82. The van der Waals surface area contributed by atoms with Crippen LogP contribution in [0, 0.1) is 0 Å². The predicted octanol–water partition coefficient (Wildman–Crippen LogP) is 3.42. The minimum absolute atomic E-state index is 0.765. The predicted molar refractivity (Wildman–Crippen MR) is 76.5 cm³/mol. The summed E-state index contributed by atoms with van der Waals surface area (Å²) in [4.78, 5) is 2.68. The lowest BCUT2D eigenvalue weighted by atomic mass is 10.0. The van der Waals surface area contributed by atoms with E-state index in [9.17, 15) is 0 Å². The fourth-order valence-electron chi connectivity index (χ4n) is 2.76. The highest BCUT2D eigenvalue weighted by Crippen LogP contribution is 2.10. The van der Waals surface area contributed by atoms with E-state index < -0.39 is 0 Å². The van der Waals surface area contributed by atoms with Crippen LogP contribution < -0.4 is 5.32 Å². The maximum Gasteiger partial charge on any atom is 0.0195 e. The summed E-state index contributed by atoms with van der Waals surface area (Å²) < 4.78 is 0. The van der Waals surface area contributed by atoms with Gasteiger partial charge in [-0.15, -0.1) is 0 Å². The van der Waals surface area contributed by atoms with E-state index in [1.54, 1.807) is 0 Å². The molecular formula is C15H32N2. The van der Waals surface area contributed by atoms with Gasteiger partial charge in [0, 0.05) is 12.6 Å². The Hall–Kier alpha value is -0.0800. The molecule has 1 saturated heterocycles. The zero-order valence-corrected chi connectivity index (χ0v) is 12.0. The van der Waals surface area contributed by atoms with E-state index in [0.717, 1.165) is 6.04 Å². The van der Waals surface area contributed by atoms with Crippen molar-refractivity contribution in [2.24, 2.45) is 0 Å². The Bertz CT molecular complexity index is 164. The van der Waals surface area contributed by atoms with Crippen molar-refractivity contribution < 1.29 is 0 Å². The summed E-state index contributed by atoms with van der Waals surface area (Å²) in [6, 6.07) is 0.765. The maximum absolute atomic E-state index is 3.67. The number of nitrogens with zero attached hydrogens (tertiary/aromatic N) is 1. The van der Waals surface area contributed by atoms with Gasteiger partial charge in [0.25, 0.3) is 0 Å². The molecule has 2 nitrogen and oxygen atoms in total. The molecule has 1 fully saturated rings. The van der Waals surface area contributed by atoms with Crippen LogP contribution in [0.15, 0.2) is 0 Å². The highest BCUT2D eigenvalue weighted by Gasteiger charge is 2.15. The minimum Gasteiger partial charge on any atom is -0.313 e. The first kappa shape index (κ1) is 15.0. The van der Waals surface area contributed by atoms with Crippen molar-refractivity contribution in [1.82, 2.24) is 10.2 Å². The van der Waals surface area contributed by atoms with Crippen molar-refractivity contribution in [2.45, 2.75) is 71.3 Å². The lowest BCUT2D eigenvalue weighted by Gasteiger charge is -2.30. The molecular weight excluding hydrogens is 208 g/mol. The molecule has 1 rings (SSSR count). The Morgan fingerprint density at radius 1 is 1.00 bits per heavy atom. The monoisotopic (exact) mass is 240 g/mol. The second-order valence-electron chi connectivity index (χ2n) is 5.51. The van der Waals surface area contributed by atoms with E-state index in [1.807, 2.05) is 0 Å². The SMILES string of the molecule is CCCCCCN(CCC)CC1CCCCN1. The molecule has 1 unspecified atom stereocenters. The van der Waals surface area contributed by atoms with Gasteiger partial charge >= 0.3 is 0 Å². The molecule has 0 amide bonds. The van der Waals surface area contributed by atoms with Crippen LogP contribution >= 0.6 is 0 Å². The Morgan fingerprint density at radius 3 is 2.53 bits per heavy atom. The number of nitrogens with one attached hydrogen (secondary N) is 1. The van der Waals surface area contributed by atoms with Crippen molar-refractivity contribution in [3.05, 3.63) is 0 Å². The standard InChI is InChI=1S/C15H32N2/c1-3-5-6-9-13-17(12-4-2)14-15-10-7-8-11-16-15/h15-16H,3-14H2,1-2H3. The van der Waals surface area contributed by atoms with Crippen LogP contribution in [0.25, 0.3) is 0 Å². The van der Waals surface area contributed by atoms with Crippen molar-refractivity contribution in [2.75, 3.05) is 26.2 Å². The van der Waals surface area contributed by atoms with Gasteiger partial charge < -0.3 is 10.2 Å². The molecule has 1 aliphatic rings. The molecule has 102 valence electrons. The van der Waals surface area contributed by atoms with Gasteiger partial charge in [-0.25, -0.2) is 0 Å². The molecule has 1 aliphatic heterocycles. The molecule has 0 bridgehead atoms. The number of unbranched alkanes of at least 4 members (excludes halogenated alkanes) is 3. The van der Waals surface area contributed by atoms with Crippen LogP contribution in [0.4, 0.5) is 0 Å². The molecule has 0 aliphatic carbocycles. The summed E-state index contributed by atoms with van der Waals surface area (Å²) in [7, 11) is 0. The first-order chi connectivity index (χ1) is 8.36. The smallest absolute Gasteiger partial charge is 0.0195 e. The third kappa shape index (κ3) is 7.05. The van der Waals surface area contributed by atoms with Gasteiger partial charge in [-0.05, 0) is 45.3 Å². The van der Waals surface area contributed by atoms with Crippen molar-refractivity contribution in [3.8, 4) is 0 Å². The van der Waals surface area contributed by atoms with Crippen LogP contribution in [0.5, 0.6) is 0 Å². The van der Waals surface area contributed by atoms with Crippen LogP contribution in [0.1, 0.15) is 65.2 Å². The van der Waals surface area contributed by atoms with Crippen LogP contribution in [-0.2, 0) is 0 Å². The Balaban J connectivity index is 2.16. The molecule has 0 radical (unpaired) electrons. The second-order valence-corrected chi connectivity index (χ2v) is 5.51. The van der Waals surface area contributed by atoms with Gasteiger partial charge in [-0.1, -0.05) is 39.5 Å². The van der Waals surface area contributed by atoms with E-state index in [4.69, 9.17) is 0 Å². The van der Waals surface area contributed by atoms with E-state index >= 15 is 0 Å². The number of hydrogen-bond acceptors (Lipinski definition) is 2. The number of rotatable bonds is 9. The van der Waals surface area contributed by atoms with E-state index in [1.165, 1.54) is 77.5 Å². The van der Waals surface area contributed by atoms with Gasteiger partial charge in [0.2, 0.25) is 0 Å². The average Bonchev–Trinajstić information content (AvgIpc) is 2.36. The molecule has 2 heteroatoms. The van der Waals surface area contributed by atoms with Crippen molar-refractivity contribution >= 4 is 0 Å². The van der Waals surface area contributed by atoms with Crippen LogP contribution in [0.2, 0.25) is 0 Å². The molecule has 0 spiro atoms. The van der Waals surface area contributed by atoms with Crippen molar-refractivity contribution in [3.63, 3.8) is 0 Å². The van der Waals surface area contributed by atoms with Gasteiger partial charge in [0.15, 0.2) is 0 Å². The highest BCUT2D eigenvalue weighted by molar-refractivity contribution is 4.76. The minimum atomic E-state index is 0.765. The molecule has 0 aromatic carbocycles. The zero-order valence-electron chi connectivity index (χ0n) is 12.0. The van der Waals surface area contributed by atoms with E-state index in [-0.39, 0.29) is 0 Å². The Morgan fingerprint density at radius 2 is 1.88 bits per heavy atom. The molecule has 0 aromatic rings. The van der Waals surface area contributed by atoms with E-state index in [0.29, 0.717) is 0 Å². The Labute approximate surface area is 108 Å². The first-order valence-electron chi connectivity index (χ1n) is 7.82. The summed E-state index contributed by atoms with van der Waals surface area (Å²) in [5.41, 5.74) is 0. The highest BCUT2D eigenvalue weighted by atomic mass is 15.1. The third-order valence-electron chi connectivity index (χ3n) is 3.76. The molecule has 1 atom stereocenters. The van der Waals surface area contributed by atoms with Gasteiger partial charge in [0.05, 0.1) is 0 Å². The van der Waals surface area contributed by atoms with Gasteiger partial charge in [-0.2, -0.15) is 0 Å². The number of hydrogen-bond donors (Lipinski definition) is 1. The summed E-state index contributed by atoms with van der Waals surface area (Å²) >= 11 is 0. The average molecular weight is 240 g/mol.